The summed E-state index contributed by atoms with van der Waals surface area (Å²) >= 11 is 0. The van der Waals surface area contributed by atoms with Gasteiger partial charge in [0.25, 0.3) is 5.91 Å². The maximum absolute atomic E-state index is 12.6. The molecule has 7 heteroatoms. The molecule has 7 nitrogen and oxygen atoms in total. The van der Waals surface area contributed by atoms with Gasteiger partial charge in [-0.15, -0.1) is 0 Å². The largest absolute Gasteiger partial charge is 0.457 e. The Kier molecular flexibility index (Phi) is 4.03. The Bertz CT molecular complexity index is 1150. The van der Waals surface area contributed by atoms with Gasteiger partial charge in [0.2, 0.25) is 0 Å². The zero-order chi connectivity index (χ0) is 19.8. The number of carbonyl (C=O) groups is 1. The van der Waals surface area contributed by atoms with Crippen LogP contribution in [0.1, 0.15) is 10.5 Å². The van der Waals surface area contributed by atoms with Gasteiger partial charge in [0.05, 0.1) is 18.3 Å². The van der Waals surface area contributed by atoms with Crippen LogP contribution in [0.25, 0.3) is 11.3 Å². The third-order valence-electron chi connectivity index (χ3n) is 5.10. The summed E-state index contributed by atoms with van der Waals surface area (Å²) in [7, 11) is 0. The number of nitriles is 1. The van der Waals surface area contributed by atoms with E-state index in [-0.39, 0.29) is 17.9 Å². The zero-order valence-electron chi connectivity index (χ0n) is 15.4. The van der Waals surface area contributed by atoms with Gasteiger partial charge in [0.15, 0.2) is 6.19 Å². The van der Waals surface area contributed by atoms with E-state index in [1.807, 2.05) is 60.7 Å². The molecule has 1 saturated heterocycles. The van der Waals surface area contributed by atoms with Crippen molar-refractivity contribution in [3.8, 4) is 28.9 Å². The van der Waals surface area contributed by atoms with Gasteiger partial charge in [0.1, 0.15) is 17.2 Å². The molecule has 2 atom stereocenters. The Hall–Kier alpha value is -4.05. The van der Waals surface area contributed by atoms with Crippen LogP contribution in [-0.2, 0) is 0 Å². The first-order valence-corrected chi connectivity index (χ1v) is 9.30. The van der Waals surface area contributed by atoms with E-state index in [2.05, 4.69) is 21.7 Å². The van der Waals surface area contributed by atoms with Crippen LogP contribution < -0.4 is 10.1 Å². The van der Waals surface area contributed by atoms with Crippen molar-refractivity contribution in [1.29, 1.82) is 5.26 Å². The normalized spacial score (nSPS) is 19.1. The van der Waals surface area contributed by atoms with E-state index in [1.54, 1.807) is 11.0 Å². The fourth-order valence-corrected chi connectivity index (χ4v) is 3.58. The maximum Gasteiger partial charge on any atom is 0.269 e. The average molecular weight is 383 g/mol. The summed E-state index contributed by atoms with van der Waals surface area (Å²) in [6.45, 7) is 0.507. The number of nitrogens with zero attached hydrogens (tertiary/aromatic N) is 3. The van der Waals surface area contributed by atoms with E-state index in [1.165, 1.54) is 0 Å². The second-order valence-corrected chi connectivity index (χ2v) is 6.99. The number of para-hydroxylation sites is 2. The first kappa shape index (κ1) is 17.1. The predicted octanol–water partition coefficient (Wildman–Crippen LogP) is 3.28. The number of ether oxygens (including phenoxy) is 1. The van der Waals surface area contributed by atoms with E-state index in [4.69, 9.17) is 10.00 Å². The van der Waals surface area contributed by atoms with Crippen molar-refractivity contribution in [2.45, 2.75) is 6.04 Å². The molecule has 5 rings (SSSR count). The molecule has 2 heterocycles. The number of likely N-dealkylation sites (tertiary alicyclic amines) is 1. The molecule has 0 unspecified atom stereocenters. The molecule has 1 fully saturated rings. The minimum Gasteiger partial charge on any atom is -0.457 e. The van der Waals surface area contributed by atoms with Gasteiger partial charge in [0, 0.05) is 17.2 Å². The van der Waals surface area contributed by atoms with Crippen LogP contribution in [0.3, 0.4) is 0 Å². The van der Waals surface area contributed by atoms with E-state index in [0.717, 1.165) is 17.0 Å². The smallest absolute Gasteiger partial charge is 0.269 e. The number of benzene rings is 2. The van der Waals surface area contributed by atoms with Gasteiger partial charge in [-0.2, -0.15) is 10.4 Å². The number of rotatable bonds is 5. The molecule has 29 heavy (non-hydrogen) atoms. The molecule has 0 spiro atoms. The summed E-state index contributed by atoms with van der Waals surface area (Å²) < 4.78 is 5.99. The molecule has 0 saturated carbocycles. The highest BCUT2D eigenvalue weighted by Crippen LogP contribution is 2.41. The minimum atomic E-state index is -0.241. The van der Waals surface area contributed by atoms with E-state index < -0.39 is 0 Å². The van der Waals surface area contributed by atoms with Crippen molar-refractivity contribution in [1.82, 2.24) is 20.4 Å². The molecule has 1 aliphatic heterocycles. The van der Waals surface area contributed by atoms with Crippen LogP contribution in [0.15, 0.2) is 72.4 Å². The molecule has 1 aromatic heterocycles. The number of aromatic nitrogens is 2. The SMILES string of the molecule is N#CN1C[C@@H](NC(=O)c2cc(-c3ccccc3Oc3ccccc3)n[nH]2)[C@H]2C=C21. The summed E-state index contributed by atoms with van der Waals surface area (Å²) in [5.41, 5.74) is 2.77. The van der Waals surface area contributed by atoms with Gasteiger partial charge in [-0.1, -0.05) is 36.4 Å². The van der Waals surface area contributed by atoms with Crippen LogP contribution in [0.2, 0.25) is 0 Å². The standard InChI is InChI=1S/C22H17N5O2/c23-13-27-12-19(16-10-20(16)27)24-22(28)18-11-17(25-26-18)15-8-4-5-9-21(15)29-14-6-2-1-3-7-14/h1-11,16,19H,12H2,(H,24,28)(H,25,26)/t16-,19-/m1/s1. The quantitative estimate of drug-likeness (QED) is 0.660. The van der Waals surface area contributed by atoms with Gasteiger partial charge in [-0.05, 0) is 30.3 Å². The molecule has 1 amide bonds. The summed E-state index contributed by atoms with van der Waals surface area (Å²) in [6.07, 6.45) is 4.12. The molecule has 0 radical (unpaired) electrons. The molecule has 1 aliphatic carbocycles. The zero-order valence-corrected chi connectivity index (χ0v) is 15.4. The number of aromatic amines is 1. The minimum absolute atomic E-state index is 0.0856. The fraction of sp³-hybridized carbons (Fsp3) is 0.136. The highest BCUT2D eigenvalue weighted by atomic mass is 16.5. The van der Waals surface area contributed by atoms with Crippen LogP contribution in [-0.4, -0.2) is 33.6 Å². The second kappa shape index (κ2) is 6.84. The highest BCUT2D eigenvalue weighted by molar-refractivity contribution is 5.94. The molecule has 2 aliphatic rings. The molecule has 2 aromatic carbocycles. The van der Waals surface area contributed by atoms with Crippen molar-refractivity contribution in [2.75, 3.05) is 6.54 Å². The summed E-state index contributed by atoms with van der Waals surface area (Å²) in [5, 5.41) is 19.2. The first-order chi connectivity index (χ1) is 14.2. The molecule has 0 bridgehead atoms. The highest BCUT2D eigenvalue weighted by Gasteiger charge is 2.45. The Balaban J connectivity index is 1.33. The Morgan fingerprint density at radius 2 is 2.00 bits per heavy atom. The van der Waals surface area contributed by atoms with Crippen LogP contribution >= 0.6 is 0 Å². The monoisotopic (exact) mass is 383 g/mol. The molecule has 2 N–H and O–H groups in total. The topological polar surface area (TPSA) is 94.0 Å². The second-order valence-electron chi connectivity index (χ2n) is 6.99. The molecule has 3 aromatic rings. The van der Waals surface area contributed by atoms with Gasteiger partial charge < -0.3 is 10.1 Å². The van der Waals surface area contributed by atoms with E-state index in [9.17, 15) is 4.79 Å². The summed E-state index contributed by atoms with van der Waals surface area (Å²) in [4.78, 5) is 14.3. The van der Waals surface area contributed by atoms with Crippen molar-refractivity contribution in [3.05, 3.63) is 78.1 Å². The Morgan fingerprint density at radius 1 is 1.21 bits per heavy atom. The van der Waals surface area contributed by atoms with Crippen LogP contribution in [0.5, 0.6) is 11.5 Å². The number of amides is 1. The lowest BCUT2D eigenvalue weighted by Crippen LogP contribution is -2.39. The molecular weight excluding hydrogens is 366 g/mol. The Morgan fingerprint density at radius 3 is 2.79 bits per heavy atom. The van der Waals surface area contributed by atoms with Crippen LogP contribution in [0, 0.1) is 17.4 Å². The Labute approximate surface area is 167 Å². The third kappa shape index (κ3) is 3.21. The van der Waals surface area contributed by atoms with Crippen molar-refractivity contribution >= 4 is 5.91 Å². The summed E-state index contributed by atoms with van der Waals surface area (Å²) in [5.74, 6) is 1.31. The predicted molar refractivity (Wildman–Crippen MR) is 106 cm³/mol. The third-order valence-corrected chi connectivity index (χ3v) is 5.10. The molecular formula is C22H17N5O2. The van der Waals surface area contributed by atoms with E-state index >= 15 is 0 Å². The number of H-pyrrole nitrogens is 1. The van der Waals surface area contributed by atoms with Crippen molar-refractivity contribution in [2.24, 2.45) is 5.92 Å². The van der Waals surface area contributed by atoms with Crippen molar-refractivity contribution < 1.29 is 9.53 Å². The van der Waals surface area contributed by atoms with E-state index in [0.29, 0.717) is 23.7 Å². The average Bonchev–Trinajstić information content (AvgIpc) is 3.25. The van der Waals surface area contributed by atoms with Gasteiger partial charge in [-0.3, -0.25) is 14.8 Å². The number of nitrogens with one attached hydrogen (secondary N) is 2. The molecule has 142 valence electrons. The maximum atomic E-state index is 12.6. The van der Waals surface area contributed by atoms with Crippen LogP contribution in [0.4, 0.5) is 0 Å². The fourth-order valence-electron chi connectivity index (χ4n) is 3.58. The number of hydrogen-bond donors (Lipinski definition) is 2. The lowest BCUT2D eigenvalue weighted by atomic mass is 10.1. The summed E-state index contributed by atoms with van der Waals surface area (Å²) in [6, 6.07) is 18.7. The lowest BCUT2D eigenvalue weighted by Gasteiger charge is -2.13. The van der Waals surface area contributed by atoms with Gasteiger partial charge in [-0.25, -0.2) is 0 Å². The van der Waals surface area contributed by atoms with Gasteiger partial charge >= 0.3 is 0 Å². The first-order valence-electron chi connectivity index (χ1n) is 9.30. The number of fused-ring (bicyclic) bond motifs is 1. The number of carbonyl (C=O) groups excluding carboxylic acids is 1. The van der Waals surface area contributed by atoms with Crippen molar-refractivity contribution in [3.63, 3.8) is 0 Å². The number of hydrogen-bond acceptors (Lipinski definition) is 5. The lowest BCUT2D eigenvalue weighted by molar-refractivity contribution is 0.0930.